The predicted molar refractivity (Wildman–Crippen MR) is 52.2 cm³/mol. The SMILES string of the molecule is C=CCOc1cc(Cl)ccc1Cl. The molecule has 1 aromatic carbocycles. The van der Waals surface area contributed by atoms with E-state index in [1.807, 2.05) is 0 Å². The molecule has 1 rings (SSSR count). The lowest BCUT2D eigenvalue weighted by Crippen LogP contribution is -1.92. The molecule has 0 N–H and O–H groups in total. The van der Waals surface area contributed by atoms with E-state index in [1.54, 1.807) is 24.3 Å². The fraction of sp³-hybridized carbons (Fsp3) is 0.111. The molecule has 1 aromatic rings. The molecule has 1 nitrogen and oxygen atoms in total. The Morgan fingerprint density at radius 3 is 2.83 bits per heavy atom. The summed E-state index contributed by atoms with van der Waals surface area (Å²) >= 11 is 11.5. The van der Waals surface area contributed by atoms with E-state index in [0.717, 1.165) is 0 Å². The molecule has 0 amide bonds. The smallest absolute Gasteiger partial charge is 0.139 e. The second-order valence-electron chi connectivity index (χ2n) is 2.17. The number of hydrogen-bond acceptors (Lipinski definition) is 1. The Balaban J connectivity index is 2.82. The van der Waals surface area contributed by atoms with Crippen LogP contribution in [-0.4, -0.2) is 6.61 Å². The van der Waals surface area contributed by atoms with Gasteiger partial charge in [0.1, 0.15) is 12.4 Å². The van der Waals surface area contributed by atoms with E-state index in [9.17, 15) is 0 Å². The molecule has 0 aliphatic heterocycles. The van der Waals surface area contributed by atoms with Gasteiger partial charge < -0.3 is 4.74 Å². The molecular weight excluding hydrogens is 195 g/mol. The summed E-state index contributed by atoms with van der Waals surface area (Å²) in [7, 11) is 0. The van der Waals surface area contributed by atoms with Crippen molar-refractivity contribution in [1.82, 2.24) is 0 Å². The van der Waals surface area contributed by atoms with Crippen molar-refractivity contribution in [2.45, 2.75) is 0 Å². The van der Waals surface area contributed by atoms with Crippen molar-refractivity contribution in [2.24, 2.45) is 0 Å². The topological polar surface area (TPSA) is 9.23 Å². The summed E-state index contributed by atoms with van der Waals surface area (Å²) < 4.78 is 5.23. The third kappa shape index (κ3) is 2.43. The molecule has 0 aromatic heterocycles. The van der Waals surface area contributed by atoms with E-state index in [4.69, 9.17) is 27.9 Å². The third-order valence-electron chi connectivity index (χ3n) is 1.25. The van der Waals surface area contributed by atoms with Crippen LogP contribution in [-0.2, 0) is 0 Å². The molecule has 0 saturated heterocycles. The van der Waals surface area contributed by atoms with Gasteiger partial charge in [0.25, 0.3) is 0 Å². The maximum Gasteiger partial charge on any atom is 0.139 e. The van der Waals surface area contributed by atoms with Crippen LogP contribution in [0.1, 0.15) is 0 Å². The lowest BCUT2D eigenvalue weighted by Gasteiger charge is -2.04. The minimum Gasteiger partial charge on any atom is -0.488 e. The number of rotatable bonds is 3. The van der Waals surface area contributed by atoms with E-state index in [1.165, 1.54) is 0 Å². The predicted octanol–water partition coefficient (Wildman–Crippen LogP) is 3.56. The molecule has 0 saturated carbocycles. The first-order valence-corrected chi connectivity index (χ1v) is 4.18. The van der Waals surface area contributed by atoms with E-state index in [2.05, 4.69) is 6.58 Å². The van der Waals surface area contributed by atoms with Gasteiger partial charge in [-0.15, -0.1) is 0 Å². The zero-order chi connectivity index (χ0) is 8.97. The Morgan fingerprint density at radius 1 is 1.42 bits per heavy atom. The zero-order valence-corrected chi connectivity index (χ0v) is 7.90. The standard InChI is InChI=1S/C9H8Cl2O/c1-2-5-12-9-6-7(10)3-4-8(9)11/h2-4,6H,1,5H2. The van der Waals surface area contributed by atoms with Crippen LogP contribution >= 0.6 is 23.2 Å². The minimum atomic E-state index is 0.431. The third-order valence-corrected chi connectivity index (χ3v) is 1.80. The van der Waals surface area contributed by atoms with Gasteiger partial charge in [0.05, 0.1) is 5.02 Å². The van der Waals surface area contributed by atoms with Gasteiger partial charge in [0, 0.05) is 11.1 Å². The Kier molecular flexibility index (Phi) is 3.45. The van der Waals surface area contributed by atoms with Crippen molar-refractivity contribution in [3.63, 3.8) is 0 Å². The van der Waals surface area contributed by atoms with Gasteiger partial charge in [-0.1, -0.05) is 35.9 Å². The molecule has 0 heterocycles. The van der Waals surface area contributed by atoms with E-state index in [-0.39, 0.29) is 0 Å². The molecule has 0 bridgehead atoms. The maximum absolute atomic E-state index is 5.81. The Morgan fingerprint density at radius 2 is 2.17 bits per heavy atom. The second-order valence-corrected chi connectivity index (χ2v) is 3.02. The van der Waals surface area contributed by atoms with Crippen molar-refractivity contribution in [1.29, 1.82) is 0 Å². The van der Waals surface area contributed by atoms with Crippen LogP contribution in [0.2, 0.25) is 10.0 Å². The number of hydrogen-bond donors (Lipinski definition) is 0. The summed E-state index contributed by atoms with van der Waals surface area (Å²) in [6.45, 7) is 3.96. The fourth-order valence-corrected chi connectivity index (χ4v) is 1.07. The van der Waals surface area contributed by atoms with Crippen molar-refractivity contribution >= 4 is 23.2 Å². The monoisotopic (exact) mass is 202 g/mol. The Labute approximate surface area is 81.6 Å². The summed E-state index contributed by atoms with van der Waals surface area (Å²) in [5, 5.41) is 1.17. The molecule has 0 unspecified atom stereocenters. The highest BCUT2D eigenvalue weighted by molar-refractivity contribution is 6.34. The second kappa shape index (κ2) is 4.39. The van der Waals surface area contributed by atoms with Crippen LogP contribution in [0, 0.1) is 0 Å². The minimum absolute atomic E-state index is 0.431. The first kappa shape index (κ1) is 9.43. The number of ether oxygens (including phenoxy) is 1. The van der Waals surface area contributed by atoms with Crippen LogP contribution in [0.15, 0.2) is 30.9 Å². The molecule has 0 aliphatic rings. The quantitative estimate of drug-likeness (QED) is 0.682. The average molecular weight is 203 g/mol. The molecule has 0 aliphatic carbocycles. The van der Waals surface area contributed by atoms with Gasteiger partial charge >= 0.3 is 0 Å². The Bertz CT molecular complexity index is 284. The van der Waals surface area contributed by atoms with E-state index < -0.39 is 0 Å². The van der Waals surface area contributed by atoms with E-state index in [0.29, 0.717) is 22.4 Å². The first-order chi connectivity index (χ1) is 5.74. The average Bonchev–Trinajstić information content (AvgIpc) is 2.07. The number of halogens is 2. The summed E-state index contributed by atoms with van der Waals surface area (Å²) in [6.07, 6.45) is 1.65. The van der Waals surface area contributed by atoms with E-state index >= 15 is 0 Å². The lowest BCUT2D eigenvalue weighted by atomic mass is 10.3. The Hall–Kier alpha value is -0.660. The van der Waals surface area contributed by atoms with Crippen LogP contribution < -0.4 is 4.74 Å². The van der Waals surface area contributed by atoms with Crippen LogP contribution in [0.25, 0.3) is 0 Å². The molecule has 0 fully saturated rings. The van der Waals surface area contributed by atoms with Crippen LogP contribution in [0.5, 0.6) is 5.75 Å². The summed E-state index contributed by atoms with van der Waals surface area (Å²) in [4.78, 5) is 0. The molecule has 3 heteroatoms. The molecule has 0 radical (unpaired) electrons. The van der Waals surface area contributed by atoms with Crippen LogP contribution in [0.3, 0.4) is 0 Å². The fourth-order valence-electron chi connectivity index (χ4n) is 0.737. The lowest BCUT2D eigenvalue weighted by molar-refractivity contribution is 0.363. The van der Waals surface area contributed by atoms with Gasteiger partial charge in [0.2, 0.25) is 0 Å². The van der Waals surface area contributed by atoms with Crippen LogP contribution in [0.4, 0.5) is 0 Å². The largest absolute Gasteiger partial charge is 0.488 e. The summed E-state index contributed by atoms with van der Waals surface area (Å²) in [5.41, 5.74) is 0. The van der Waals surface area contributed by atoms with Crippen molar-refractivity contribution in [2.75, 3.05) is 6.61 Å². The molecule has 64 valence electrons. The normalized spacial score (nSPS) is 9.50. The van der Waals surface area contributed by atoms with Gasteiger partial charge in [-0.3, -0.25) is 0 Å². The molecular formula is C9H8Cl2O. The van der Waals surface area contributed by atoms with Crippen molar-refractivity contribution in [3.8, 4) is 5.75 Å². The zero-order valence-electron chi connectivity index (χ0n) is 6.39. The summed E-state index contributed by atoms with van der Waals surface area (Å²) in [6, 6.07) is 5.08. The van der Waals surface area contributed by atoms with Crippen molar-refractivity contribution in [3.05, 3.63) is 40.9 Å². The van der Waals surface area contributed by atoms with Gasteiger partial charge in [-0.05, 0) is 12.1 Å². The summed E-state index contributed by atoms with van der Waals surface area (Å²) in [5.74, 6) is 0.587. The number of benzene rings is 1. The van der Waals surface area contributed by atoms with Gasteiger partial charge in [-0.25, -0.2) is 0 Å². The highest BCUT2D eigenvalue weighted by atomic mass is 35.5. The van der Waals surface area contributed by atoms with Gasteiger partial charge in [0.15, 0.2) is 0 Å². The van der Waals surface area contributed by atoms with Crippen molar-refractivity contribution < 1.29 is 4.74 Å². The maximum atomic E-state index is 5.81. The molecule has 12 heavy (non-hydrogen) atoms. The molecule has 0 atom stereocenters. The highest BCUT2D eigenvalue weighted by Gasteiger charge is 2.00. The molecule has 0 spiro atoms. The first-order valence-electron chi connectivity index (χ1n) is 3.43. The van der Waals surface area contributed by atoms with Gasteiger partial charge in [-0.2, -0.15) is 0 Å². The highest BCUT2D eigenvalue weighted by Crippen LogP contribution is 2.27.